The van der Waals surface area contributed by atoms with E-state index in [0.29, 0.717) is 5.16 Å². The number of H-pyrrole nitrogens is 1. The first-order chi connectivity index (χ1) is 10.6. The van der Waals surface area contributed by atoms with Crippen LogP contribution in [0, 0.1) is 5.92 Å². The maximum Gasteiger partial charge on any atom is 0.222 e. The quantitative estimate of drug-likeness (QED) is 0.531. The van der Waals surface area contributed by atoms with Crippen molar-refractivity contribution in [3.63, 3.8) is 0 Å². The molecule has 2 aromatic rings. The summed E-state index contributed by atoms with van der Waals surface area (Å²) >= 11 is 1.22. The van der Waals surface area contributed by atoms with Crippen LogP contribution in [0.4, 0.5) is 0 Å². The second-order valence-electron chi connectivity index (χ2n) is 4.76. The van der Waals surface area contributed by atoms with Gasteiger partial charge < -0.3 is 4.98 Å². The van der Waals surface area contributed by atoms with Crippen LogP contribution in [0.2, 0.25) is 0 Å². The highest BCUT2D eigenvalue weighted by atomic mass is 32.2. The van der Waals surface area contributed by atoms with Crippen LogP contribution in [0.15, 0.2) is 53.7 Å². The average Bonchev–Trinajstić information content (AvgIpc) is 2.87. The summed E-state index contributed by atoms with van der Waals surface area (Å²) in [6.07, 6.45) is 5.67. The van der Waals surface area contributed by atoms with E-state index in [2.05, 4.69) is 9.97 Å². The van der Waals surface area contributed by atoms with Crippen LogP contribution in [-0.4, -0.2) is 33.1 Å². The monoisotopic (exact) mass is 312 g/mol. The number of hydrogen-bond donors (Lipinski definition) is 1. The number of fused-ring (bicyclic) bond motifs is 1. The zero-order chi connectivity index (χ0) is 15.5. The molecule has 1 N–H and O–H groups in total. The molecule has 0 bridgehead atoms. The Balaban J connectivity index is 1.69. The minimum atomic E-state index is -1.00. The standard InChI is InChI=1S/C16H12N2O3S/c19-13-8-4-1-5-10(15(13)21)14(20)9-22-16-17-11-6-2-3-7-12(11)18-16/h1-8,10H,9H2,(H,17,18). The number of rotatable bonds is 4. The zero-order valence-electron chi connectivity index (χ0n) is 11.5. The second kappa shape index (κ2) is 6.11. The summed E-state index contributed by atoms with van der Waals surface area (Å²) in [6, 6.07) is 7.56. The number of imidazole rings is 1. The van der Waals surface area contributed by atoms with Gasteiger partial charge in [0.2, 0.25) is 11.6 Å². The fourth-order valence-corrected chi connectivity index (χ4v) is 2.93. The molecule has 1 atom stereocenters. The number of thioether (sulfide) groups is 1. The van der Waals surface area contributed by atoms with E-state index in [4.69, 9.17) is 0 Å². The number of nitrogens with one attached hydrogen (secondary N) is 1. The van der Waals surface area contributed by atoms with Crippen LogP contribution in [-0.2, 0) is 14.4 Å². The van der Waals surface area contributed by atoms with Crippen LogP contribution in [0.3, 0.4) is 0 Å². The minimum Gasteiger partial charge on any atom is -0.333 e. The third kappa shape index (κ3) is 2.92. The van der Waals surface area contributed by atoms with E-state index in [1.165, 1.54) is 30.0 Å². The highest BCUT2D eigenvalue weighted by Gasteiger charge is 2.28. The van der Waals surface area contributed by atoms with Crippen LogP contribution >= 0.6 is 11.8 Å². The largest absolute Gasteiger partial charge is 0.333 e. The molecule has 0 spiro atoms. The van der Waals surface area contributed by atoms with E-state index in [0.717, 1.165) is 11.0 Å². The van der Waals surface area contributed by atoms with Crippen molar-refractivity contribution in [1.82, 2.24) is 9.97 Å². The molecule has 1 aliphatic carbocycles. The normalized spacial score (nSPS) is 17.9. The molecule has 5 nitrogen and oxygen atoms in total. The molecule has 22 heavy (non-hydrogen) atoms. The van der Waals surface area contributed by atoms with E-state index >= 15 is 0 Å². The molecule has 110 valence electrons. The van der Waals surface area contributed by atoms with Gasteiger partial charge in [0, 0.05) is 0 Å². The molecule has 1 unspecified atom stereocenters. The van der Waals surface area contributed by atoms with Gasteiger partial charge in [-0.05, 0) is 18.2 Å². The minimum absolute atomic E-state index is 0.0772. The van der Waals surface area contributed by atoms with Gasteiger partial charge in [-0.25, -0.2) is 4.98 Å². The molecule has 0 saturated heterocycles. The summed E-state index contributed by atoms with van der Waals surface area (Å²) in [5.74, 6) is -2.55. The third-order valence-electron chi connectivity index (χ3n) is 3.25. The lowest BCUT2D eigenvalue weighted by atomic mass is 9.98. The Hall–Kier alpha value is -2.47. The molecule has 0 saturated carbocycles. The van der Waals surface area contributed by atoms with Crippen molar-refractivity contribution in [3.8, 4) is 0 Å². The molecule has 1 aromatic carbocycles. The Bertz CT molecular complexity index is 787. The predicted octanol–water partition coefficient (Wildman–Crippen LogP) is 2.10. The average molecular weight is 312 g/mol. The van der Waals surface area contributed by atoms with Crippen LogP contribution in [0.1, 0.15) is 0 Å². The van der Waals surface area contributed by atoms with Gasteiger partial charge in [0.25, 0.3) is 0 Å². The van der Waals surface area contributed by atoms with Gasteiger partial charge in [-0.15, -0.1) is 0 Å². The van der Waals surface area contributed by atoms with Crippen molar-refractivity contribution in [2.75, 3.05) is 5.75 Å². The molecule has 1 aromatic heterocycles. The molecule has 1 heterocycles. The molecule has 0 amide bonds. The number of hydrogen-bond acceptors (Lipinski definition) is 5. The number of ketones is 3. The number of carbonyl (C=O) groups excluding carboxylic acids is 3. The summed E-state index contributed by atoms with van der Waals surface area (Å²) in [5.41, 5.74) is 1.71. The van der Waals surface area contributed by atoms with Crippen molar-refractivity contribution in [3.05, 3.63) is 48.6 Å². The van der Waals surface area contributed by atoms with E-state index in [1.807, 2.05) is 24.3 Å². The number of nitrogens with zero attached hydrogens (tertiary/aromatic N) is 1. The lowest BCUT2D eigenvalue weighted by Crippen LogP contribution is -2.28. The summed E-state index contributed by atoms with van der Waals surface area (Å²) < 4.78 is 0. The Morgan fingerprint density at radius 2 is 2.05 bits per heavy atom. The summed E-state index contributed by atoms with van der Waals surface area (Å²) in [5, 5.41) is 0.615. The van der Waals surface area contributed by atoms with Gasteiger partial charge in [-0.3, -0.25) is 14.4 Å². The fraction of sp³-hybridized carbons (Fsp3) is 0.125. The first-order valence-electron chi connectivity index (χ1n) is 6.68. The van der Waals surface area contributed by atoms with Crippen molar-refractivity contribution in [2.24, 2.45) is 5.92 Å². The first-order valence-corrected chi connectivity index (χ1v) is 7.67. The number of aromatic nitrogens is 2. The van der Waals surface area contributed by atoms with Crippen LogP contribution < -0.4 is 0 Å². The van der Waals surface area contributed by atoms with Gasteiger partial charge >= 0.3 is 0 Å². The van der Waals surface area contributed by atoms with E-state index in [9.17, 15) is 14.4 Å². The topological polar surface area (TPSA) is 79.9 Å². The summed E-state index contributed by atoms with van der Waals surface area (Å²) in [6.45, 7) is 0. The number of para-hydroxylation sites is 2. The van der Waals surface area contributed by atoms with Gasteiger partial charge in [-0.2, -0.15) is 0 Å². The highest BCUT2D eigenvalue weighted by molar-refractivity contribution is 7.99. The molecular formula is C16H12N2O3S. The van der Waals surface area contributed by atoms with Crippen molar-refractivity contribution < 1.29 is 14.4 Å². The number of carbonyl (C=O) groups is 3. The van der Waals surface area contributed by atoms with Gasteiger partial charge in [0.15, 0.2) is 10.9 Å². The van der Waals surface area contributed by atoms with Crippen molar-refractivity contribution in [1.29, 1.82) is 0 Å². The van der Waals surface area contributed by atoms with Crippen molar-refractivity contribution in [2.45, 2.75) is 5.16 Å². The predicted molar refractivity (Wildman–Crippen MR) is 83.6 cm³/mol. The molecular weight excluding hydrogens is 300 g/mol. The maximum absolute atomic E-state index is 12.2. The van der Waals surface area contributed by atoms with E-state index in [1.54, 1.807) is 6.08 Å². The maximum atomic E-state index is 12.2. The van der Waals surface area contributed by atoms with Crippen LogP contribution in [0.5, 0.6) is 0 Å². The SMILES string of the molecule is O=C1C=CC=CC(C(=O)CSc2nc3ccccc3[nH]2)C1=O. The highest BCUT2D eigenvalue weighted by Crippen LogP contribution is 2.21. The number of benzene rings is 1. The van der Waals surface area contributed by atoms with E-state index < -0.39 is 17.5 Å². The molecule has 6 heteroatoms. The Morgan fingerprint density at radius 3 is 2.86 bits per heavy atom. The Morgan fingerprint density at radius 1 is 1.23 bits per heavy atom. The Kier molecular flexibility index (Phi) is 4.02. The Labute approximate surface area is 130 Å². The smallest absolute Gasteiger partial charge is 0.222 e. The molecule has 0 aliphatic heterocycles. The lowest BCUT2D eigenvalue weighted by Gasteiger charge is -2.06. The summed E-state index contributed by atoms with van der Waals surface area (Å²) in [7, 11) is 0. The molecule has 1 aliphatic rings. The second-order valence-corrected chi connectivity index (χ2v) is 5.73. The van der Waals surface area contributed by atoms with Crippen molar-refractivity contribution >= 4 is 40.1 Å². The zero-order valence-corrected chi connectivity index (χ0v) is 12.3. The summed E-state index contributed by atoms with van der Waals surface area (Å²) in [4.78, 5) is 42.9. The number of aromatic amines is 1. The van der Waals surface area contributed by atoms with Crippen LogP contribution in [0.25, 0.3) is 11.0 Å². The van der Waals surface area contributed by atoms with E-state index in [-0.39, 0.29) is 11.5 Å². The number of Topliss-reactive ketones (excluding diaryl/α,β-unsaturated/α-hetero) is 2. The first kappa shape index (κ1) is 14.5. The van der Waals surface area contributed by atoms with Gasteiger partial charge in [0.1, 0.15) is 5.92 Å². The fourth-order valence-electron chi connectivity index (χ4n) is 2.12. The molecule has 0 fully saturated rings. The third-order valence-corrected chi connectivity index (χ3v) is 4.15. The van der Waals surface area contributed by atoms with Gasteiger partial charge in [-0.1, -0.05) is 42.1 Å². The lowest BCUT2D eigenvalue weighted by molar-refractivity contribution is -0.138. The van der Waals surface area contributed by atoms with Gasteiger partial charge in [0.05, 0.1) is 16.8 Å². The molecule has 3 rings (SSSR count). The molecule has 0 radical (unpaired) electrons. The number of allylic oxidation sites excluding steroid dienone is 4.